The number of morpholine rings is 1. The minimum atomic E-state index is -0.474. The molecule has 3 aromatic heterocycles. The van der Waals surface area contributed by atoms with Crippen LogP contribution < -0.4 is 10.6 Å². The molecular formula is C18H20N8O2. The van der Waals surface area contributed by atoms with Crippen molar-refractivity contribution < 1.29 is 9.47 Å². The van der Waals surface area contributed by atoms with E-state index in [1.165, 1.54) is 0 Å². The summed E-state index contributed by atoms with van der Waals surface area (Å²) >= 11 is 0. The molecule has 0 radical (unpaired) electrons. The number of nitrogens with two attached hydrogens (primary N) is 1. The van der Waals surface area contributed by atoms with Crippen LogP contribution in [0.5, 0.6) is 0 Å². The van der Waals surface area contributed by atoms with Crippen molar-refractivity contribution in [2.75, 3.05) is 30.4 Å². The zero-order valence-corrected chi connectivity index (χ0v) is 15.7. The molecule has 28 heavy (non-hydrogen) atoms. The van der Waals surface area contributed by atoms with Crippen molar-refractivity contribution in [2.45, 2.75) is 38.1 Å². The highest BCUT2D eigenvalue weighted by Crippen LogP contribution is 2.40. The number of ether oxygens (including phenoxy) is 2. The van der Waals surface area contributed by atoms with Gasteiger partial charge >= 0.3 is 0 Å². The van der Waals surface area contributed by atoms with E-state index in [1.54, 1.807) is 12.4 Å². The van der Waals surface area contributed by atoms with Gasteiger partial charge in [0.15, 0.2) is 22.8 Å². The fraction of sp³-hybridized carbons (Fsp3) is 0.500. The number of fused-ring (bicyclic) bond motifs is 4. The van der Waals surface area contributed by atoms with Gasteiger partial charge in [0.25, 0.3) is 0 Å². The lowest BCUT2D eigenvalue weighted by molar-refractivity contribution is -0.113. The second kappa shape index (κ2) is 5.36. The van der Waals surface area contributed by atoms with Crippen LogP contribution in [-0.4, -0.2) is 61.4 Å². The van der Waals surface area contributed by atoms with E-state index in [0.29, 0.717) is 31.1 Å². The van der Waals surface area contributed by atoms with Crippen LogP contribution in [0.2, 0.25) is 0 Å². The first kappa shape index (κ1) is 16.1. The van der Waals surface area contributed by atoms with Gasteiger partial charge in [-0.05, 0) is 13.8 Å². The number of imidazole rings is 1. The summed E-state index contributed by atoms with van der Waals surface area (Å²) < 4.78 is 13.7. The van der Waals surface area contributed by atoms with Crippen molar-refractivity contribution in [3.63, 3.8) is 0 Å². The zero-order valence-electron chi connectivity index (χ0n) is 15.7. The molecule has 6 rings (SSSR count). The number of anilines is 2. The van der Waals surface area contributed by atoms with E-state index < -0.39 is 5.60 Å². The van der Waals surface area contributed by atoms with Gasteiger partial charge in [0.05, 0.1) is 30.9 Å². The molecule has 0 bridgehead atoms. The van der Waals surface area contributed by atoms with Crippen LogP contribution >= 0.6 is 0 Å². The highest BCUT2D eigenvalue weighted by molar-refractivity contribution is 5.87. The van der Waals surface area contributed by atoms with E-state index in [4.69, 9.17) is 30.2 Å². The van der Waals surface area contributed by atoms with E-state index in [-0.39, 0.29) is 5.95 Å². The quantitative estimate of drug-likeness (QED) is 0.686. The largest absolute Gasteiger partial charge is 0.372 e. The van der Waals surface area contributed by atoms with Crippen LogP contribution in [0, 0.1) is 0 Å². The summed E-state index contributed by atoms with van der Waals surface area (Å²) in [7, 11) is 0. The molecule has 2 N–H and O–H groups in total. The standard InChI is InChI=1S/C18H20N8O2/c1-18(2)16-22-12-14(25(16)3-4-28-18)23-13(9-5-20-17(19)21-6-9)24-15(12)26-7-11-10(26)8-27-11/h5-6,10-11H,3-4,7-8H2,1-2H3,(H2,19,20,21)/t10-,11?/m1/s1. The van der Waals surface area contributed by atoms with Gasteiger partial charge in [0.1, 0.15) is 11.4 Å². The van der Waals surface area contributed by atoms with Crippen molar-refractivity contribution >= 4 is 22.9 Å². The number of aromatic nitrogens is 6. The SMILES string of the molecule is CC1(C)OCCn2c1nc1c(N3CC4OC[C@H]43)nc(-c3cnc(N)nc3)nc12. The Hall–Kier alpha value is -2.85. The molecule has 2 saturated heterocycles. The van der Waals surface area contributed by atoms with Crippen LogP contribution in [0.4, 0.5) is 11.8 Å². The number of nitrogens with zero attached hydrogens (tertiary/aromatic N) is 7. The summed E-state index contributed by atoms with van der Waals surface area (Å²) in [6.45, 7) is 6.93. The molecule has 3 aromatic rings. The lowest BCUT2D eigenvalue weighted by atomic mass is 9.95. The van der Waals surface area contributed by atoms with Crippen LogP contribution in [0.3, 0.4) is 0 Å². The molecule has 0 saturated carbocycles. The van der Waals surface area contributed by atoms with Crippen LogP contribution in [0.25, 0.3) is 22.6 Å². The molecule has 10 nitrogen and oxygen atoms in total. The highest BCUT2D eigenvalue weighted by atomic mass is 16.5. The Morgan fingerprint density at radius 3 is 2.68 bits per heavy atom. The third-order valence-corrected chi connectivity index (χ3v) is 5.78. The molecule has 10 heteroatoms. The summed E-state index contributed by atoms with van der Waals surface area (Å²) in [4.78, 5) is 25.0. The summed E-state index contributed by atoms with van der Waals surface area (Å²) in [5.41, 5.74) is 7.50. The maximum absolute atomic E-state index is 5.94. The minimum absolute atomic E-state index is 0.225. The summed E-state index contributed by atoms with van der Waals surface area (Å²) in [6.07, 6.45) is 3.60. The maximum Gasteiger partial charge on any atom is 0.219 e. The Morgan fingerprint density at radius 2 is 2.00 bits per heavy atom. The van der Waals surface area contributed by atoms with E-state index in [0.717, 1.165) is 41.5 Å². The molecule has 0 aromatic carbocycles. The molecule has 0 aliphatic carbocycles. The summed E-state index contributed by atoms with van der Waals surface area (Å²) in [6, 6.07) is 0.358. The Labute approximate surface area is 160 Å². The first-order valence-corrected chi connectivity index (χ1v) is 9.40. The minimum Gasteiger partial charge on any atom is -0.372 e. The van der Waals surface area contributed by atoms with Crippen LogP contribution in [-0.2, 0) is 21.6 Å². The number of rotatable bonds is 2. The topological polar surface area (TPSA) is 117 Å². The summed E-state index contributed by atoms with van der Waals surface area (Å²) in [5, 5.41) is 0. The molecule has 0 amide bonds. The predicted molar refractivity (Wildman–Crippen MR) is 101 cm³/mol. The van der Waals surface area contributed by atoms with Gasteiger partial charge in [-0.15, -0.1) is 0 Å². The molecule has 1 unspecified atom stereocenters. The highest BCUT2D eigenvalue weighted by Gasteiger charge is 2.49. The average Bonchev–Trinajstić information content (AvgIpc) is 3.04. The Balaban J connectivity index is 1.58. The second-order valence-electron chi connectivity index (χ2n) is 7.91. The molecule has 0 spiro atoms. The smallest absolute Gasteiger partial charge is 0.219 e. The third-order valence-electron chi connectivity index (χ3n) is 5.78. The van der Waals surface area contributed by atoms with Gasteiger partial charge in [-0.3, -0.25) is 0 Å². The van der Waals surface area contributed by atoms with E-state index in [2.05, 4.69) is 19.4 Å². The fourth-order valence-electron chi connectivity index (χ4n) is 4.12. The van der Waals surface area contributed by atoms with Gasteiger partial charge < -0.3 is 24.7 Å². The normalized spacial score (nSPS) is 25.0. The number of hydrogen-bond donors (Lipinski definition) is 1. The van der Waals surface area contributed by atoms with E-state index >= 15 is 0 Å². The van der Waals surface area contributed by atoms with Gasteiger partial charge in [0.2, 0.25) is 5.95 Å². The second-order valence-corrected chi connectivity index (χ2v) is 7.91. The first-order valence-electron chi connectivity index (χ1n) is 9.40. The molecule has 6 heterocycles. The molecule has 144 valence electrons. The Bertz CT molecular complexity index is 1090. The molecule has 2 atom stereocenters. The zero-order chi connectivity index (χ0) is 19.0. The average molecular weight is 380 g/mol. The van der Waals surface area contributed by atoms with Crippen LogP contribution in [0.1, 0.15) is 19.7 Å². The lowest BCUT2D eigenvalue weighted by Gasteiger charge is -2.55. The first-order chi connectivity index (χ1) is 13.5. The Kier molecular flexibility index (Phi) is 3.09. The monoisotopic (exact) mass is 380 g/mol. The van der Waals surface area contributed by atoms with E-state index in [9.17, 15) is 0 Å². The number of nitrogen functional groups attached to an aromatic ring is 1. The van der Waals surface area contributed by atoms with Crippen molar-refractivity contribution in [2.24, 2.45) is 0 Å². The molecule has 3 aliphatic heterocycles. The van der Waals surface area contributed by atoms with Crippen molar-refractivity contribution in [3.05, 3.63) is 18.2 Å². The summed E-state index contributed by atoms with van der Waals surface area (Å²) in [5.74, 6) is 2.50. The van der Waals surface area contributed by atoms with Gasteiger partial charge in [0, 0.05) is 25.5 Å². The maximum atomic E-state index is 5.94. The van der Waals surface area contributed by atoms with Crippen molar-refractivity contribution in [1.29, 1.82) is 0 Å². The third kappa shape index (κ3) is 2.12. The molecule has 2 fully saturated rings. The molecular weight excluding hydrogens is 360 g/mol. The van der Waals surface area contributed by atoms with Gasteiger partial charge in [-0.2, -0.15) is 0 Å². The van der Waals surface area contributed by atoms with Gasteiger partial charge in [-0.1, -0.05) is 0 Å². The van der Waals surface area contributed by atoms with Gasteiger partial charge in [-0.25, -0.2) is 24.9 Å². The number of hydrogen-bond acceptors (Lipinski definition) is 9. The predicted octanol–water partition coefficient (Wildman–Crippen LogP) is 0.718. The lowest BCUT2D eigenvalue weighted by Crippen LogP contribution is -2.71. The van der Waals surface area contributed by atoms with E-state index in [1.807, 2.05) is 13.8 Å². The fourth-order valence-corrected chi connectivity index (χ4v) is 4.12. The van der Waals surface area contributed by atoms with Crippen molar-refractivity contribution in [1.82, 2.24) is 29.5 Å². The molecule has 3 aliphatic rings. The Morgan fingerprint density at radius 1 is 1.18 bits per heavy atom. The van der Waals surface area contributed by atoms with Crippen LogP contribution in [0.15, 0.2) is 12.4 Å². The van der Waals surface area contributed by atoms with Crippen molar-refractivity contribution in [3.8, 4) is 11.4 Å².